The number of aliphatic imine (C=N–C) groups is 1. The van der Waals surface area contributed by atoms with E-state index in [9.17, 15) is 0 Å². The highest BCUT2D eigenvalue weighted by Gasteiger charge is 2.38. The zero-order chi connectivity index (χ0) is 22.8. The van der Waals surface area contributed by atoms with Gasteiger partial charge in [-0.3, -0.25) is 0 Å². The SMILES string of the molecule is CC(Nc1nccc([N+]2(N)C=Nc3cc(CC4CN(C)CCO4)ccc32)n1)c1ccccc1. The monoisotopic (exact) mass is 444 g/mol. The van der Waals surface area contributed by atoms with Crippen LogP contribution in [0.5, 0.6) is 0 Å². The van der Waals surface area contributed by atoms with Gasteiger partial charge in [-0.15, -0.1) is 4.59 Å². The Labute approximate surface area is 194 Å². The summed E-state index contributed by atoms with van der Waals surface area (Å²) < 4.78 is 5.84. The molecule has 3 N–H and O–H groups in total. The lowest BCUT2D eigenvalue weighted by Gasteiger charge is -2.30. The largest absolute Gasteiger partial charge is 0.375 e. The highest BCUT2D eigenvalue weighted by Crippen LogP contribution is 2.41. The molecule has 2 aliphatic heterocycles. The highest BCUT2D eigenvalue weighted by atomic mass is 16.5. The first-order valence-electron chi connectivity index (χ1n) is 11.3. The van der Waals surface area contributed by atoms with Crippen LogP contribution < -0.4 is 15.8 Å². The third kappa shape index (κ3) is 4.51. The van der Waals surface area contributed by atoms with Gasteiger partial charge in [-0.1, -0.05) is 36.4 Å². The van der Waals surface area contributed by atoms with Gasteiger partial charge >= 0.3 is 0 Å². The predicted octanol–water partition coefficient (Wildman–Crippen LogP) is 3.71. The molecule has 0 amide bonds. The van der Waals surface area contributed by atoms with E-state index in [0.717, 1.165) is 43.1 Å². The second-order valence-electron chi connectivity index (χ2n) is 8.82. The van der Waals surface area contributed by atoms with E-state index in [1.807, 2.05) is 30.3 Å². The Bertz CT molecular complexity index is 1150. The van der Waals surface area contributed by atoms with Crippen molar-refractivity contribution in [3.8, 4) is 0 Å². The topological polar surface area (TPSA) is 88.7 Å². The Hall–Kier alpha value is -3.17. The van der Waals surface area contributed by atoms with E-state index in [2.05, 4.69) is 58.4 Å². The van der Waals surface area contributed by atoms with Crippen molar-refractivity contribution in [3.63, 3.8) is 0 Å². The molecule has 0 bridgehead atoms. The first-order chi connectivity index (χ1) is 16.0. The van der Waals surface area contributed by atoms with E-state index < -0.39 is 0 Å². The lowest BCUT2D eigenvalue weighted by atomic mass is 10.0. The average molecular weight is 445 g/mol. The Morgan fingerprint density at radius 1 is 1.21 bits per heavy atom. The number of anilines is 1. The molecule has 1 aromatic heterocycles. The van der Waals surface area contributed by atoms with Crippen LogP contribution in [0.2, 0.25) is 0 Å². The van der Waals surface area contributed by atoms with E-state index in [4.69, 9.17) is 15.6 Å². The van der Waals surface area contributed by atoms with E-state index in [0.29, 0.717) is 11.8 Å². The van der Waals surface area contributed by atoms with Crippen molar-refractivity contribution in [2.75, 3.05) is 32.1 Å². The summed E-state index contributed by atoms with van der Waals surface area (Å²) in [5, 5.41) is 3.37. The minimum atomic E-state index is -0.0881. The number of nitrogens with zero attached hydrogens (tertiary/aromatic N) is 5. The van der Waals surface area contributed by atoms with Crippen molar-refractivity contribution in [3.05, 3.63) is 71.9 Å². The van der Waals surface area contributed by atoms with Crippen molar-refractivity contribution in [2.45, 2.75) is 25.5 Å². The van der Waals surface area contributed by atoms with E-state index in [-0.39, 0.29) is 16.7 Å². The quantitative estimate of drug-likeness (QED) is 0.445. The van der Waals surface area contributed by atoms with Crippen LogP contribution in [0, 0.1) is 0 Å². The van der Waals surface area contributed by atoms with Crippen molar-refractivity contribution in [2.24, 2.45) is 10.8 Å². The number of rotatable bonds is 6. The summed E-state index contributed by atoms with van der Waals surface area (Å²) in [6.07, 6.45) is 4.51. The van der Waals surface area contributed by atoms with Gasteiger partial charge in [0.2, 0.25) is 12.3 Å². The molecule has 1 saturated heterocycles. The normalized spacial score (nSPS) is 23.3. The molecule has 0 aliphatic carbocycles. The number of quaternary nitrogens is 1. The molecule has 3 aromatic rings. The molecule has 33 heavy (non-hydrogen) atoms. The van der Waals surface area contributed by atoms with Gasteiger partial charge in [0.15, 0.2) is 5.69 Å². The van der Waals surface area contributed by atoms with E-state index in [1.165, 1.54) is 5.56 Å². The zero-order valence-electron chi connectivity index (χ0n) is 19.1. The number of ether oxygens (including phenoxy) is 1. The van der Waals surface area contributed by atoms with Crippen molar-refractivity contribution in [1.82, 2.24) is 19.5 Å². The van der Waals surface area contributed by atoms with Crippen molar-refractivity contribution < 1.29 is 4.74 Å². The van der Waals surface area contributed by atoms with Gasteiger partial charge in [-0.05, 0) is 37.6 Å². The second-order valence-corrected chi connectivity index (χ2v) is 8.82. The maximum atomic E-state index is 6.79. The minimum Gasteiger partial charge on any atom is -0.375 e. The summed E-state index contributed by atoms with van der Waals surface area (Å²) in [7, 11) is 2.13. The van der Waals surface area contributed by atoms with Gasteiger partial charge in [0.25, 0.3) is 5.82 Å². The summed E-state index contributed by atoms with van der Waals surface area (Å²) in [6, 6.07) is 18.4. The number of morpholine rings is 1. The Morgan fingerprint density at radius 3 is 2.88 bits per heavy atom. The first kappa shape index (κ1) is 21.7. The molecule has 0 saturated carbocycles. The Balaban J connectivity index is 1.35. The van der Waals surface area contributed by atoms with Gasteiger partial charge in [0.1, 0.15) is 5.69 Å². The molecule has 3 atom stereocenters. The summed E-state index contributed by atoms with van der Waals surface area (Å²) in [5.74, 6) is 7.98. The second kappa shape index (κ2) is 8.99. The zero-order valence-corrected chi connectivity index (χ0v) is 19.1. The summed E-state index contributed by atoms with van der Waals surface area (Å²) in [6.45, 7) is 4.79. The van der Waals surface area contributed by atoms with Gasteiger partial charge < -0.3 is 15.0 Å². The molecule has 8 nitrogen and oxygen atoms in total. The van der Waals surface area contributed by atoms with Crippen LogP contribution in [-0.2, 0) is 11.2 Å². The number of fused-ring (bicyclic) bond motifs is 1. The van der Waals surface area contributed by atoms with Gasteiger partial charge in [-0.2, -0.15) is 15.8 Å². The molecule has 3 unspecified atom stereocenters. The minimum absolute atomic E-state index is 0.0656. The molecule has 0 radical (unpaired) electrons. The number of benzene rings is 2. The van der Waals surface area contributed by atoms with Crippen LogP contribution in [0.1, 0.15) is 24.1 Å². The summed E-state index contributed by atoms with van der Waals surface area (Å²) >= 11 is 0. The number of hydrogen-bond donors (Lipinski definition) is 2. The fourth-order valence-corrected chi connectivity index (χ4v) is 4.41. The Kier molecular flexibility index (Phi) is 5.90. The third-order valence-corrected chi connectivity index (χ3v) is 6.29. The molecule has 2 aromatic carbocycles. The lowest BCUT2D eigenvalue weighted by molar-refractivity contribution is -0.0185. The molecule has 170 valence electrons. The molecule has 3 heterocycles. The van der Waals surface area contributed by atoms with Crippen LogP contribution in [-0.4, -0.2) is 54.1 Å². The first-order valence-corrected chi connectivity index (χ1v) is 11.3. The smallest absolute Gasteiger partial charge is 0.263 e. The summed E-state index contributed by atoms with van der Waals surface area (Å²) in [5.41, 5.74) is 4.12. The number of aromatic nitrogens is 2. The van der Waals surface area contributed by atoms with Crippen molar-refractivity contribution >= 4 is 29.5 Å². The number of nitrogens with one attached hydrogen (secondary N) is 1. The molecular formula is C25H30N7O+. The van der Waals surface area contributed by atoms with Gasteiger partial charge in [-0.25, -0.2) is 4.98 Å². The molecular weight excluding hydrogens is 414 g/mol. The Morgan fingerprint density at radius 2 is 2.06 bits per heavy atom. The fourth-order valence-electron chi connectivity index (χ4n) is 4.41. The van der Waals surface area contributed by atoms with Gasteiger partial charge in [0, 0.05) is 31.4 Å². The predicted molar refractivity (Wildman–Crippen MR) is 132 cm³/mol. The van der Waals surface area contributed by atoms with Crippen LogP contribution in [0.4, 0.5) is 23.1 Å². The van der Waals surface area contributed by atoms with Crippen LogP contribution in [0.15, 0.2) is 65.8 Å². The lowest BCUT2D eigenvalue weighted by Crippen LogP contribution is -2.49. The van der Waals surface area contributed by atoms with E-state index in [1.54, 1.807) is 12.5 Å². The number of likely N-dealkylation sites (N-methyl/N-ethyl adjacent to an activating group) is 1. The molecule has 2 aliphatic rings. The number of hydrogen-bond acceptors (Lipinski definition) is 7. The van der Waals surface area contributed by atoms with Crippen LogP contribution in [0.25, 0.3) is 0 Å². The van der Waals surface area contributed by atoms with Crippen LogP contribution >= 0.6 is 0 Å². The third-order valence-electron chi connectivity index (χ3n) is 6.29. The van der Waals surface area contributed by atoms with E-state index >= 15 is 0 Å². The maximum Gasteiger partial charge on any atom is 0.263 e. The average Bonchev–Trinajstić information content (AvgIpc) is 3.17. The highest BCUT2D eigenvalue weighted by molar-refractivity contribution is 5.93. The fraction of sp³-hybridized carbons (Fsp3) is 0.320. The van der Waals surface area contributed by atoms with Gasteiger partial charge in [0.05, 0.1) is 18.8 Å². The molecule has 5 rings (SSSR count). The standard InChI is InChI=1S/C25H30N7O/c1-18(20-6-4-3-5-7-20)29-25-27-11-10-24(30-25)32(26)17-28-22-15-19(8-9-23(22)32)14-21-16-31(2)12-13-33-21/h3-11,15,17-18,21H,12-14,16,26H2,1-2H3,(H,27,29,30)/q+1. The van der Waals surface area contributed by atoms with Crippen molar-refractivity contribution in [1.29, 1.82) is 0 Å². The van der Waals surface area contributed by atoms with Crippen LogP contribution in [0.3, 0.4) is 0 Å². The maximum absolute atomic E-state index is 6.79. The molecule has 8 heteroatoms. The molecule has 0 spiro atoms. The molecule has 1 fully saturated rings. The number of nitrogens with two attached hydrogens (primary N) is 1. The summed E-state index contributed by atoms with van der Waals surface area (Å²) in [4.78, 5) is 16.1.